The number of nitrogens with one attached hydrogen (secondary N) is 1. The third kappa shape index (κ3) is 2.46. The minimum Gasteiger partial charge on any atom is -0.338 e. The Balaban J connectivity index is 2.09. The van der Waals surface area contributed by atoms with E-state index in [1.807, 2.05) is 32.2 Å². The molecule has 4 nitrogen and oxygen atoms in total. The van der Waals surface area contributed by atoms with Crippen molar-refractivity contribution in [1.82, 2.24) is 15.5 Å². The van der Waals surface area contributed by atoms with Gasteiger partial charge in [-0.1, -0.05) is 35.5 Å². The number of aromatic nitrogens is 2. The monoisotopic (exact) mass is 217 g/mol. The van der Waals surface area contributed by atoms with Crippen molar-refractivity contribution in [1.29, 1.82) is 0 Å². The Morgan fingerprint density at radius 1 is 1.31 bits per heavy atom. The lowest BCUT2D eigenvalue weighted by molar-refractivity contribution is 0.344. The molecule has 1 heterocycles. The Bertz CT molecular complexity index is 439. The summed E-state index contributed by atoms with van der Waals surface area (Å²) in [4.78, 5) is 4.34. The van der Waals surface area contributed by atoms with Crippen molar-refractivity contribution in [3.8, 4) is 0 Å². The number of benzene rings is 1. The summed E-state index contributed by atoms with van der Waals surface area (Å²) in [6.45, 7) is 1.99. The highest BCUT2D eigenvalue weighted by molar-refractivity contribution is 5.18. The van der Waals surface area contributed by atoms with Crippen LogP contribution < -0.4 is 5.32 Å². The predicted octanol–water partition coefficient (Wildman–Crippen LogP) is 1.94. The Morgan fingerprint density at radius 3 is 2.75 bits per heavy atom. The summed E-state index contributed by atoms with van der Waals surface area (Å²) in [7, 11) is 1.87. The van der Waals surface area contributed by atoms with Gasteiger partial charge in [-0.15, -0.1) is 0 Å². The zero-order valence-electron chi connectivity index (χ0n) is 9.47. The molecule has 84 valence electrons. The van der Waals surface area contributed by atoms with E-state index in [4.69, 9.17) is 4.52 Å². The zero-order valence-corrected chi connectivity index (χ0v) is 9.47. The lowest BCUT2D eigenvalue weighted by Crippen LogP contribution is -2.12. The summed E-state index contributed by atoms with van der Waals surface area (Å²) in [6, 6.07) is 10.2. The quantitative estimate of drug-likeness (QED) is 0.850. The molecule has 16 heavy (non-hydrogen) atoms. The Labute approximate surface area is 94.7 Å². The second-order valence-corrected chi connectivity index (χ2v) is 3.72. The molecule has 1 atom stereocenters. The summed E-state index contributed by atoms with van der Waals surface area (Å²) in [6.07, 6.45) is 0.709. The number of hydrogen-bond donors (Lipinski definition) is 1. The molecule has 0 spiro atoms. The van der Waals surface area contributed by atoms with Crippen LogP contribution in [0.5, 0.6) is 0 Å². The Hall–Kier alpha value is -1.68. The summed E-state index contributed by atoms with van der Waals surface area (Å²) in [5.74, 6) is 1.36. The normalized spacial score (nSPS) is 12.6. The standard InChI is InChI=1S/C12H15N3O/c1-9(13-2)12-14-11(15-16-12)8-10-6-4-3-5-7-10/h3-7,9,13H,8H2,1-2H3. The van der Waals surface area contributed by atoms with Gasteiger partial charge < -0.3 is 9.84 Å². The molecule has 0 aliphatic heterocycles. The smallest absolute Gasteiger partial charge is 0.243 e. The predicted molar refractivity (Wildman–Crippen MR) is 61.0 cm³/mol. The topological polar surface area (TPSA) is 51.0 Å². The highest BCUT2D eigenvalue weighted by Gasteiger charge is 2.12. The van der Waals surface area contributed by atoms with Crippen molar-refractivity contribution in [2.75, 3.05) is 7.05 Å². The van der Waals surface area contributed by atoms with Gasteiger partial charge in [-0.2, -0.15) is 4.98 Å². The highest BCUT2D eigenvalue weighted by atomic mass is 16.5. The fourth-order valence-corrected chi connectivity index (χ4v) is 1.42. The van der Waals surface area contributed by atoms with E-state index in [9.17, 15) is 0 Å². The van der Waals surface area contributed by atoms with Crippen LogP contribution in [0.2, 0.25) is 0 Å². The number of rotatable bonds is 4. The summed E-state index contributed by atoms with van der Waals surface area (Å²) >= 11 is 0. The second-order valence-electron chi connectivity index (χ2n) is 3.72. The van der Waals surface area contributed by atoms with Gasteiger partial charge in [0.1, 0.15) is 0 Å². The molecule has 0 aliphatic carbocycles. The maximum absolute atomic E-state index is 5.17. The van der Waals surface area contributed by atoms with Crippen molar-refractivity contribution < 1.29 is 4.52 Å². The molecule has 0 radical (unpaired) electrons. The maximum atomic E-state index is 5.17. The van der Waals surface area contributed by atoms with Crippen LogP contribution >= 0.6 is 0 Å². The summed E-state index contributed by atoms with van der Waals surface area (Å²) < 4.78 is 5.17. The van der Waals surface area contributed by atoms with Crippen LogP contribution in [0.4, 0.5) is 0 Å². The molecule has 1 aromatic carbocycles. The molecule has 0 fully saturated rings. The highest BCUT2D eigenvalue weighted by Crippen LogP contribution is 2.11. The van der Waals surface area contributed by atoms with Crippen molar-refractivity contribution in [2.45, 2.75) is 19.4 Å². The third-order valence-corrected chi connectivity index (χ3v) is 2.49. The SMILES string of the molecule is CNC(C)c1nc(Cc2ccccc2)no1. The number of hydrogen-bond acceptors (Lipinski definition) is 4. The molecule has 0 saturated carbocycles. The van der Waals surface area contributed by atoms with Gasteiger partial charge in [0, 0.05) is 6.42 Å². The van der Waals surface area contributed by atoms with Gasteiger partial charge in [0.05, 0.1) is 6.04 Å². The molecule has 1 unspecified atom stereocenters. The van der Waals surface area contributed by atoms with E-state index in [2.05, 4.69) is 27.6 Å². The van der Waals surface area contributed by atoms with Crippen LogP contribution in [0.25, 0.3) is 0 Å². The van der Waals surface area contributed by atoms with Gasteiger partial charge in [0.25, 0.3) is 0 Å². The second kappa shape index (κ2) is 4.90. The van der Waals surface area contributed by atoms with E-state index in [1.54, 1.807) is 0 Å². The molecular weight excluding hydrogens is 202 g/mol. The van der Waals surface area contributed by atoms with E-state index in [-0.39, 0.29) is 6.04 Å². The van der Waals surface area contributed by atoms with Crippen molar-refractivity contribution >= 4 is 0 Å². The molecule has 0 saturated heterocycles. The van der Waals surface area contributed by atoms with Crippen molar-refractivity contribution in [2.24, 2.45) is 0 Å². The van der Waals surface area contributed by atoms with Crippen LogP contribution in [0.1, 0.15) is 30.2 Å². The molecule has 0 amide bonds. The molecule has 2 rings (SSSR count). The van der Waals surface area contributed by atoms with Crippen LogP contribution in [0, 0.1) is 0 Å². The minimum atomic E-state index is 0.0945. The average molecular weight is 217 g/mol. The molecule has 0 aliphatic rings. The molecule has 1 aromatic heterocycles. The first kappa shape index (κ1) is 10.8. The molecular formula is C12H15N3O. The fraction of sp³-hybridized carbons (Fsp3) is 0.333. The van der Waals surface area contributed by atoms with E-state index in [0.717, 1.165) is 5.82 Å². The van der Waals surface area contributed by atoms with E-state index >= 15 is 0 Å². The van der Waals surface area contributed by atoms with Crippen LogP contribution in [-0.2, 0) is 6.42 Å². The van der Waals surface area contributed by atoms with E-state index in [0.29, 0.717) is 12.3 Å². The lowest BCUT2D eigenvalue weighted by Gasteiger charge is -2.01. The first-order valence-corrected chi connectivity index (χ1v) is 5.33. The summed E-state index contributed by atoms with van der Waals surface area (Å²) in [5.41, 5.74) is 1.19. The van der Waals surface area contributed by atoms with Gasteiger partial charge in [0.2, 0.25) is 5.89 Å². The first-order chi connectivity index (χ1) is 7.79. The van der Waals surface area contributed by atoms with Crippen molar-refractivity contribution in [3.63, 3.8) is 0 Å². The van der Waals surface area contributed by atoms with Gasteiger partial charge >= 0.3 is 0 Å². The molecule has 1 N–H and O–H groups in total. The Kier molecular flexibility index (Phi) is 3.31. The van der Waals surface area contributed by atoms with Gasteiger partial charge in [0.15, 0.2) is 5.82 Å². The summed E-state index contributed by atoms with van der Waals surface area (Å²) in [5, 5.41) is 7.02. The fourth-order valence-electron chi connectivity index (χ4n) is 1.42. The molecule has 0 bridgehead atoms. The molecule has 4 heteroatoms. The van der Waals surface area contributed by atoms with Gasteiger partial charge in [-0.25, -0.2) is 0 Å². The maximum Gasteiger partial charge on any atom is 0.243 e. The van der Waals surface area contributed by atoms with Gasteiger partial charge in [-0.3, -0.25) is 0 Å². The van der Waals surface area contributed by atoms with E-state index in [1.165, 1.54) is 5.56 Å². The van der Waals surface area contributed by atoms with Gasteiger partial charge in [-0.05, 0) is 19.5 Å². The van der Waals surface area contributed by atoms with Crippen molar-refractivity contribution in [3.05, 3.63) is 47.6 Å². The first-order valence-electron chi connectivity index (χ1n) is 5.33. The Morgan fingerprint density at radius 2 is 2.06 bits per heavy atom. The molecule has 2 aromatic rings. The number of nitrogens with zero attached hydrogens (tertiary/aromatic N) is 2. The largest absolute Gasteiger partial charge is 0.338 e. The minimum absolute atomic E-state index is 0.0945. The van der Waals surface area contributed by atoms with Crippen LogP contribution in [-0.4, -0.2) is 17.2 Å². The average Bonchev–Trinajstić information content (AvgIpc) is 2.78. The lowest BCUT2D eigenvalue weighted by atomic mass is 10.1. The zero-order chi connectivity index (χ0) is 11.4. The van der Waals surface area contributed by atoms with Crippen LogP contribution in [0.3, 0.4) is 0 Å². The third-order valence-electron chi connectivity index (χ3n) is 2.49. The van der Waals surface area contributed by atoms with Crippen LogP contribution in [0.15, 0.2) is 34.9 Å². The van der Waals surface area contributed by atoms with E-state index < -0.39 is 0 Å².